The van der Waals surface area contributed by atoms with Crippen LogP contribution < -0.4 is 0 Å². The van der Waals surface area contributed by atoms with E-state index in [1.807, 2.05) is 30.3 Å². The van der Waals surface area contributed by atoms with E-state index in [-0.39, 0.29) is 11.6 Å². The zero-order valence-corrected chi connectivity index (χ0v) is 12.7. The molecule has 1 aromatic rings. The molecule has 0 aliphatic rings. The number of hydrogen-bond donors (Lipinski definition) is 0. The van der Waals surface area contributed by atoms with E-state index in [0.29, 0.717) is 26.1 Å². The van der Waals surface area contributed by atoms with Crippen molar-refractivity contribution in [1.82, 2.24) is 4.31 Å². The molecule has 1 rings (SSSR count). The van der Waals surface area contributed by atoms with Gasteiger partial charge in [-0.15, -0.1) is 11.6 Å². The molecule has 0 N–H and O–H groups in total. The van der Waals surface area contributed by atoms with Crippen LogP contribution in [0.5, 0.6) is 0 Å². The number of aryl methyl sites for hydroxylation is 1. The van der Waals surface area contributed by atoms with Crippen molar-refractivity contribution in [3.05, 3.63) is 35.9 Å². The van der Waals surface area contributed by atoms with Crippen LogP contribution in [0.15, 0.2) is 30.3 Å². The van der Waals surface area contributed by atoms with E-state index >= 15 is 0 Å². The van der Waals surface area contributed by atoms with E-state index < -0.39 is 10.0 Å². The van der Waals surface area contributed by atoms with Gasteiger partial charge < -0.3 is 4.74 Å². The Balaban J connectivity index is 2.61. The third-order valence-electron chi connectivity index (χ3n) is 2.76. The SMILES string of the molecule is COCCN(CCCl)S(=O)(=O)CCc1ccccc1. The number of sulfonamides is 1. The molecule has 0 bridgehead atoms. The number of ether oxygens (including phenoxy) is 1. The molecular formula is C13H20ClNO3S. The van der Waals surface area contributed by atoms with Crippen LogP contribution >= 0.6 is 11.6 Å². The van der Waals surface area contributed by atoms with E-state index in [1.54, 1.807) is 7.11 Å². The highest BCUT2D eigenvalue weighted by atomic mass is 35.5. The number of nitrogens with zero attached hydrogens (tertiary/aromatic N) is 1. The molecule has 0 heterocycles. The topological polar surface area (TPSA) is 46.6 Å². The minimum Gasteiger partial charge on any atom is -0.383 e. The van der Waals surface area contributed by atoms with Gasteiger partial charge in [0.1, 0.15) is 0 Å². The molecule has 0 radical (unpaired) electrons. The Morgan fingerprint density at radius 1 is 1.21 bits per heavy atom. The molecule has 19 heavy (non-hydrogen) atoms. The van der Waals surface area contributed by atoms with Gasteiger partial charge in [0.15, 0.2) is 0 Å². The van der Waals surface area contributed by atoms with Crippen molar-refractivity contribution in [3.63, 3.8) is 0 Å². The Morgan fingerprint density at radius 2 is 1.89 bits per heavy atom. The standard InChI is InChI=1S/C13H20ClNO3S/c1-18-11-10-15(9-8-14)19(16,17)12-7-13-5-3-2-4-6-13/h2-6H,7-12H2,1H3. The van der Waals surface area contributed by atoms with Crippen LogP contribution in [0, 0.1) is 0 Å². The maximum absolute atomic E-state index is 12.2. The first-order valence-electron chi connectivity index (χ1n) is 6.17. The molecule has 0 unspecified atom stereocenters. The molecule has 0 aromatic heterocycles. The molecular weight excluding hydrogens is 286 g/mol. The van der Waals surface area contributed by atoms with Crippen LogP contribution in [0.2, 0.25) is 0 Å². The first-order valence-corrected chi connectivity index (χ1v) is 8.31. The average Bonchev–Trinajstić information content (AvgIpc) is 2.42. The van der Waals surface area contributed by atoms with E-state index in [2.05, 4.69) is 0 Å². The van der Waals surface area contributed by atoms with Gasteiger partial charge in [-0.2, -0.15) is 4.31 Å². The van der Waals surface area contributed by atoms with Crippen LogP contribution in [-0.4, -0.2) is 51.2 Å². The van der Waals surface area contributed by atoms with Crippen molar-refractivity contribution in [2.45, 2.75) is 6.42 Å². The van der Waals surface area contributed by atoms with Gasteiger partial charge in [0.25, 0.3) is 0 Å². The zero-order valence-electron chi connectivity index (χ0n) is 11.1. The first-order chi connectivity index (χ1) is 9.10. The van der Waals surface area contributed by atoms with Gasteiger partial charge in [0, 0.05) is 26.1 Å². The number of hydrogen-bond acceptors (Lipinski definition) is 3. The Labute approximate surface area is 120 Å². The lowest BCUT2D eigenvalue weighted by Gasteiger charge is -2.20. The van der Waals surface area contributed by atoms with Gasteiger partial charge in [-0.05, 0) is 12.0 Å². The molecule has 0 amide bonds. The van der Waals surface area contributed by atoms with Crippen molar-refractivity contribution in [2.75, 3.05) is 38.4 Å². The summed E-state index contributed by atoms with van der Waals surface area (Å²) in [5, 5.41) is 0. The number of methoxy groups -OCH3 is 1. The monoisotopic (exact) mass is 305 g/mol. The molecule has 0 aliphatic heterocycles. The summed E-state index contributed by atoms with van der Waals surface area (Å²) in [6, 6.07) is 9.58. The summed E-state index contributed by atoms with van der Waals surface area (Å²) in [7, 11) is -1.74. The van der Waals surface area contributed by atoms with Crippen LogP contribution in [0.25, 0.3) is 0 Å². The number of rotatable bonds is 9. The molecule has 1 aromatic carbocycles. The second kappa shape index (κ2) is 8.53. The van der Waals surface area contributed by atoms with Crippen molar-refractivity contribution in [2.24, 2.45) is 0 Å². The highest BCUT2D eigenvalue weighted by Gasteiger charge is 2.20. The fraction of sp³-hybridized carbons (Fsp3) is 0.538. The minimum absolute atomic E-state index is 0.0949. The van der Waals surface area contributed by atoms with E-state index in [1.165, 1.54) is 4.31 Å². The third-order valence-corrected chi connectivity index (χ3v) is 4.80. The van der Waals surface area contributed by atoms with Gasteiger partial charge in [-0.25, -0.2) is 8.42 Å². The molecule has 0 saturated heterocycles. The van der Waals surface area contributed by atoms with Gasteiger partial charge >= 0.3 is 0 Å². The summed E-state index contributed by atoms with van der Waals surface area (Å²) in [6.07, 6.45) is 0.509. The minimum atomic E-state index is -3.29. The molecule has 0 atom stereocenters. The quantitative estimate of drug-likeness (QED) is 0.653. The smallest absolute Gasteiger partial charge is 0.214 e. The number of benzene rings is 1. The Bertz CT molecular complexity index is 450. The van der Waals surface area contributed by atoms with E-state index in [4.69, 9.17) is 16.3 Å². The molecule has 0 aliphatic carbocycles. The molecule has 0 spiro atoms. The van der Waals surface area contributed by atoms with Gasteiger partial charge in [-0.3, -0.25) is 0 Å². The molecule has 4 nitrogen and oxygen atoms in total. The number of alkyl halides is 1. The second-order valence-corrected chi connectivity index (χ2v) is 6.60. The summed E-state index contributed by atoms with van der Waals surface area (Å²) in [5.74, 6) is 0.381. The zero-order chi connectivity index (χ0) is 14.1. The normalized spacial score (nSPS) is 11.9. The van der Waals surface area contributed by atoms with Crippen molar-refractivity contribution in [1.29, 1.82) is 0 Å². The van der Waals surface area contributed by atoms with Crippen molar-refractivity contribution >= 4 is 21.6 Å². The number of halogens is 1. The maximum Gasteiger partial charge on any atom is 0.214 e. The van der Waals surface area contributed by atoms with E-state index in [9.17, 15) is 8.42 Å². The molecule has 6 heteroatoms. The summed E-state index contributed by atoms with van der Waals surface area (Å²) in [5.41, 5.74) is 1.02. The fourth-order valence-corrected chi connectivity index (χ4v) is 3.48. The third kappa shape index (κ3) is 5.91. The van der Waals surface area contributed by atoms with Crippen molar-refractivity contribution < 1.29 is 13.2 Å². The lowest BCUT2D eigenvalue weighted by Crippen LogP contribution is -2.37. The molecule has 108 valence electrons. The molecule has 0 fully saturated rings. The Kier molecular flexibility index (Phi) is 7.38. The lowest BCUT2D eigenvalue weighted by molar-refractivity contribution is 0.180. The van der Waals surface area contributed by atoms with E-state index in [0.717, 1.165) is 5.56 Å². The Morgan fingerprint density at radius 3 is 2.47 bits per heavy atom. The van der Waals surface area contributed by atoms with Gasteiger partial charge in [0.2, 0.25) is 10.0 Å². The maximum atomic E-state index is 12.2. The molecule has 0 saturated carbocycles. The van der Waals surface area contributed by atoms with Crippen LogP contribution in [0.1, 0.15) is 5.56 Å². The summed E-state index contributed by atoms with van der Waals surface area (Å²) in [6.45, 7) is 1.05. The fourth-order valence-electron chi connectivity index (χ4n) is 1.70. The summed E-state index contributed by atoms with van der Waals surface area (Å²) < 4.78 is 30.7. The van der Waals surface area contributed by atoms with Crippen LogP contribution in [0.3, 0.4) is 0 Å². The highest BCUT2D eigenvalue weighted by Crippen LogP contribution is 2.07. The van der Waals surface area contributed by atoms with Gasteiger partial charge in [0.05, 0.1) is 12.4 Å². The average molecular weight is 306 g/mol. The predicted molar refractivity (Wildman–Crippen MR) is 78.1 cm³/mol. The second-order valence-electron chi connectivity index (χ2n) is 4.13. The highest BCUT2D eigenvalue weighted by molar-refractivity contribution is 7.89. The predicted octanol–water partition coefficient (Wildman–Crippen LogP) is 1.75. The van der Waals surface area contributed by atoms with Crippen LogP contribution in [-0.2, 0) is 21.2 Å². The first kappa shape index (κ1) is 16.4. The summed E-state index contributed by atoms with van der Waals surface area (Å²) in [4.78, 5) is 0. The van der Waals surface area contributed by atoms with Crippen LogP contribution in [0.4, 0.5) is 0 Å². The lowest BCUT2D eigenvalue weighted by atomic mass is 10.2. The van der Waals surface area contributed by atoms with Crippen molar-refractivity contribution in [3.8, 4) is 0 Å². The largest absolute Gasteiger partial charge is 0.383 e. The van der Waals surface area contributed by atoms with Gasteiger partial charge in [-0.1, -0.05) is 30.3 Å². The Hall–Kier alpha value is -0.620. The summed E-state index contributed by atoms with van der Waals surface area (Å²) >= 11 is 5.65.